The number of rotatable bonds is 23. The van der Waals surface area contributed by atoms with Crippen LogP contribution in [0.3, 0.4) is 0 Å². The van der Waals surface area contributed by atoms with E-state index in [-0.39, 0.29) is 108 Å². The van der Waals surface area contributed by atoms with Gasteiger partial charge in [0.2, 0.25) is 0 Å². The van der Waals surface area contributed by atoms with Gasteiger partial charge in [0, 0.05) is 19.8 Å². The van der Waals surface area contributed by atoms with Crippen LogP contribution in [0.15, 0.2) is 24.8 Å². The van der Waals surface area contributed by atoms with Crippen LogP contribution in [0.2, 0.25) is 0 Å². The molecule has 0 heterocycles. The average Bonchev–Trinajstić information content (AvgIpc) is 0.845. The van der Waals surface area contributed by atoms with Gasteiger partial charge in [0.05, 0.1) is 131 Å². The average molecular weight is 1460 g/mol. The van der Waals surface area contributed by atoms with E-state index < -0.39 is 18.0 Å². The summed E-state index contributed by atoms with van der Waals surface area (Å²) in [5, 5.41) is 18.7. The molecule has 6 saturated carbocycles. The predicted molar refractivity (Wildman–Crippen MR) is 391 cm³/mol. The number of esters is 10. The van der Waals surface area contributed by atoms with E-state index >= 15 is 0 Å². The summed E-state index contributed by atoms with van der Waals surface area (Å²) < 4.78 is 62.7. The minimum Gasteiger partial charge on any atom is -0.469 e. The molecule has 6 aliphatic carbocycles. The molecule has 6 rings (SSSR count). The Morgan fingerprint density at radius 2 is 0.735 bits per heavy atom. The monoisotopic (exact) mass is 1460 g/mol. The molecule has 0 amide bonds. The molecule has 0 saturated heterocycles. The lowest BCUT2D eigenvalue weighted by molar-refractivity contribution is -0.157. The fourth-order valence-electron chi connectivity index (χ4n) is 13.9. The molecule has 0 aliphatic heterocycles. The summed E-state index contributed by atoms with van der Waals surface area (Å²) in [5.41, 5.74) is -1.43. The Labute approximate surface area is 614 Å². The van der Waals surface area contributed by atoms with Gasteiger partial charge in [-0.05, 0) is 223 Å². The van der Waals surface area contributed by atoms with Gasteiger partial charge in [0.15, 0.2) is 0 Å². The Bertz CT molecular complexity index is 2290. The third-order valence-electron chi connectivity index (χ3n) is 21.0. The first-order chi connectivity index (χ1) is 48.4. The molecule has 6 fully saturated rings. The number of hydrogen-bond acceptors (Lipinski definition) is 22. The van der Waals surface area contributed by atoms with Crippen LogP contribution in [-0.4, -0.2) is 160 Å². The predicted octanol–water partition coefficient (Wildman–Crippen LogP) is 15.2. The van der Waals surface area contributed by atoms with Gasteiger partial charge in [-0.25, -0.2) is 0 Å². The maximum atomic E-state index is 12.1. The number of aliphatic hydroxyl groups is 2. The maximum absolute atomic E-state index is 12.1. The van der Waals surface area contributed by atoms with Crippen LogP contribution in [0.1, 0.15) is 275 Å². The van der Waals surface area contributed by atoms with E-state index in [1.54, 1.807) is 13.0 Å². The highest BCUT2D eigenvalue weighted by Gasteiger charge is 2.45. The van der Waals surface area contributed by atoms with E-state index in [0.717, 1.165) is 160 Å². The maximum Gasteiger partial charge on any atom is 0.312 e. The lowest BCUT2D eigenvalue weighted by atomic mass is 9.68. The number of methoxy groups -OCH3 is 9. The van der Waals surface area contributed by atoms with Crippen LogP contribution in [-0.2, 0) is 95.3 Å². The molecule has 0 radical (unpaired) electrons. The fraction of sp³-hybridized carbons (Fsp3) is 0.823. The second kappa shape index (κ2) is 57.4. The van der Waals surface area contributed by atoms with Crippen LogP contribution in [0.4, 0.5) is 4.39 Å². The molecular formula is C79H139FO22. The molecule has 0 spiro atoms. The summed E-state index contributed by atoms with van der Waals surface area (Å²) in [6, 6.07) is 0. The van der Waals surface area contributed by atoms with E-state index in [2.05, 4.69) is 62.7 Å². The van der Waals surface area contributed by atoms with Gasteiger partial charge < -0.3 is 57.6 Å². The molecule has 594 valence electrons. The number of aliphatic hydroxyl groups excluding tert-OH is 2. The summed E-state index contributed by atoms with van der Waals surface area (Å²) in [7, 11) is 11.8. The number of hydrogen-bond donors (Lipinski definition) is 2. The quantitative estimate of drug-likeness (QED) is 0.0415. The summed E-state index contributed by atoms with van der Waals surface area (Å²) in [6.45, 7) is 16.3. The summed E-state index contributed by atoms with van der Waals surface area (Å²) in [6.07, 6.45) is 34.2. The molecule has 22 nitrogen and oxygen atoms in total. The third-order valence-corrected chi connectivity index (χ3v) is 21.0. The number of carbonyl (C=O) groups excluding carboxylic acids is 10. The first kappa shape index (κ1) is 98.1. The van der Waals surface area contributed by atoms with Crippen LogP contribution in [0.5, 0.6) is 0 Å². The van der Waals surface area contributed by atoms with E-state index in [4.69, 9.17) is 25.4 Å². The zero-order chi connectivity index (χ0) is 77.7. The number of ether oxygens (including phenoxy) is 10. The highest BCUT2D eigenvalue weighted by Crippen LogP contribution is 2.46. The number of allylic oxidation sites excluding steroid dienone is 2. The lowest BCUT2D eigenvalue weighted by Crippen LogP contribution is -2.37. The number of alkyl halides is 1. The fourth-order valence-corrected chi connectivity index (χ4v) is 13.9. The molecule has 102 heavy (non-hydrogen) atoms. The van der Waals surface area contributed by atoms with E-state index in [1.807, 2.05) is 12.2 Å². The van der Waals surface area contributed by atoms with Crippen molar-refractivity contribution in [3.8, 4) is 0 Å². The normalized spacial score (nSPS) is 26.9. The second-order valence-electron chi connectivity index (χ2n) is 28.3. The van der Waals surface area contributed by atoms with E-state index in [1.165, 1.54) is 83.8 Å². The van der Waals surface area contributed by atoms with Crippen LogP contribution in [0.25, 0.3) is 0 Å². The Morgan fingerprint density at radius 3 is 1.04 bits per heavy atom. The van der Waals surface area contributed by atoms with Gasteiger partial charge in [0.1, 0.15) is 0 Å². The van der Waals surface area contributed by atoms with Gasteiger partial charge in [0.25, 0.3) is 0 Å². The van der Waals surface area contributed by atoms with Crippen LogP contribution in [0, 0.1) is 57.2 Å². The minimum atomic E-state index is -1.00. The highest BCUT2D eigenvalue weighted by molar-refractivity contribution is 5.79. The summed E-state index contributed by atoms with van der Waals surface area (Å²) in [5.74, 6) is 1.71. The molecule has 0 atom stereocenters. The molecule has 0 aromatic heterocycles. The molecule has 0 aromatic rings. The van der Waals surface area contributed by atoms with Crippen molar-refractivity contribution in [1.29, 1.82) is 0 Å². The van der Waals surface area contributed by atoms with Gasteiger partial charge in [-0.1, -0.05) is 66.2 Å². The standard InChI is InChI=1S/C15H26O4.C15H24O4.C14H24O5.C12H20O2.C9H16O2.C8H14O3.C4H8O2.CH3F.CH4/c2*1-12-7-10-15(11-8-12,14(17)19-3)9-5-4-6-13(16)18-2;1-18-12(16)5-3-4-8-14(13(17)19-2)9-6-11(15)7-10-14;1-4-7-12(11(13)14-3)8-5-10(2)6-9-12;1-7-3-5-8(6-4-7)9(10)11-2;1-11-8(10)6-2-4-7(9)5-3-6;1-3-6-4(2)5;1-2;/h12H,4-11H2,1-3H3;4-5,12H,6-11H2,1-3H3;11,15H,3-10H2,1-2H3;4,10H,1,5-9H2,2-3H3;7-8H,3-6H2,1-2H3;6-7,9H,2-5H2,1H3;3H2,1-2H3;1H3;1H4/b;5-4+;;;;;;;/i;;;;;;;1D;. The number of halogens is 1. The van der Waals surface area contributed by atoms with Crippen LogP contribution >= 0.6 is 0 Å². The molecule has 0 bridgehead atoms. The van der Waals surface area contributed by atoms with Crippen molar-refractivity contribution in [1.82, 2.24) is 0 Å². The molecule has 23 heteroatoms. The van der Waals surface area contributed by atoms with Gasteiger partial charge >= 0.3 is 59.7 Å². The van der Waals surface area contributed by atoms with Crippen molar-refractivity contribution < 1.29 is 111 Å². The molecular weight excluding hydrogens is 1320 g/mol. The first-order valence-electron chi connectivity index (χ1n) is 37.4. The minimum absolute atomic E-state index is 0. The van der Waals surface area contributed by atoms with Crippen molar-refractivity contribution in [2.24, 2.45) is 57.2 Å². The Morgan fingerprint density at radius 1 is 0.431 bits per heavy atom. The Kier molecular flexibility index (Phi) is 55.2. The smallest absolute Gasteiger partial charge is 0.312 e. The zero-order valence-corrected chi connectivity index (χ0v) is 64.7. The second-order valence-corrected chi connectivity index (χ2v) is 28.3. The topological polar surface area (TPSA) is 303 Å². The highest BCUT2D eigenvalue weighted by atomic mass is 19.1. The molecule has 2 N–H and O–H groups in total. The van der Waals surface area contributed by atoms with Crippen molar-refractivity contribution in [3.63, 3.8) is 0 Å². The van der Waals surface area contributed by atoms with E-state index in [0.29, 0.717) is 76.2 Å². The molecule has 6 aliphatic rings. The lowest BCUT2D eigenvalue weighted by Gasteiger charge is -2.37. The summed E-state index contributed by atoms with van der Waals surface area (Å²) in [4.78, 5) is 113. The van der Waals surface area contributed by atoms with Crippen molar-refractivity contribution in [2.75, 3.05) is 77.7 Å². The third kappa shape index (κ3) is 39.8. The largest absolute Gasteiger partial charge is 0.469 e. The van der Waals surface area contributed by atoms with Crippen molar-refractivity contribution in [3.05, 3.63) is 24.8 Å². The first-order valence-corrected chi connectivity index (χ1v) is 36.7. The Hall–Kier alpha value is -5.97. The summed E-state index contributed by atoms with van der Waals surface area (Å²) >= 11 is 0. The van der Waals surface area contributed by atoms with Crippen LogP contribution < -0.4 is 0 Å². The number of carbonyl (C=O) groups is 10. The van der Waals surface area contributed by atoms with Crippen molar-refractivity contribution in [2.45, 2.75) is 286 Å². The SMILES string of the molecule is C.C=CCC1(C(=O)OC)CCC(C)CC1.CCOC(C)=O.COC(=O)C/C=C/CC1(C(=O)OC)CCC(C)CC1.COC(=O)C1CCC(C)CC1.COC(=O)C1CCC(O)CC1.COC(=O)CCCCC1(C(=O)OC)CCC(C)CC1.COC(=O)CCCCC1(C(=O)OC)CCC(O)CC1.[2H]CF. The van der Waals surface area contributed by atoms with E-state index in [9.17, 15) is 57.4 Å². The van der Waals surface area contributed by atoms with Gasteiger partial charge in [-0.3, -0.25) is 52.3 Å². The zero-order valence-electron chi connectivity index (χ0n) is 65.7. The van der Waals surface area contributed by atoms with Crippen molar-refractivity contribution >= 4 is 59.7 Å². The van der Waals surface area contributed by atoms with Gasteiger partial charge in [-0.15, -0.1) is 6.58 Å². The molecule has 0 unspecified atom stereocenters. The number of unbranched alkanes of at least 4 members (excludes halogenated alkanes) is 2. The molecule has 0 aromatic carbocycles. The van der Waals surface area contributed by atoms with Gasteiger partial charge in [-0.2, -0.15) is 0 Å². The Balaban J connectivity index is -0.00000115.